The number of anilines is 1. The maximum atomic E-state index is 11.0. The van der Waals surface area contributed by atoms with E-state index in [0.29, 0.717) is 12.0 Å². The van der Waals surface area contributed by atoms with Crippen LogP contribution in [0.3, 0.4) is 0 Å². The van der Waals surface area contributed by atoms with Gasteiger partial charge in [-0.05, 0) is 30.9 Å². The first-order valence-corrected chi connectivity index (χ1v) is 8.42. The molecule has 3 heterocycles. The van der Waals surface area contributed by atoms with Crippen LogP contribution in [0.2, 0.25) is 0 Å². The first-order chi connectivity index (χ1) is 11.2. The van der Waals surface area contributed by atoms with Crippen molar-refractivity contribution in [2.75, 3.05) is 44.3 Å². The number of pyridine rings is 1. The number of ether oxygens (including phenoxy) is 1. The summed E-state index contributed by atoms with van der Waals surface area (Å²) in [4.78, 5) is 20.0. The number of rotatable bonds is 5. The Labute approximate surface area is 137 Å². The van der Waals surface area contributed by atoms with Crippen molar-refractivity contribution in [2.24, 2.45) is 5.92 Å². The third-order valence-electron chi connectivity index (χ3n) is 4.97. The molecule has 0 amide bonds. The number of hydrogen-bond acceptors (Lipinski definition) is 5. The summed E-state index contributed by atoms with van der Waals surface area (Å²) in [5.74, 6) is -0.321. The fourth-order valence-electron chi connectivity index (χ4n) is 3.79. The van der Waals surface area contributed by atoms with Crippen LogP contribution >= 0.6 is 0 Å². The molecule has 0 aromatic carbocycles. The zero-order valence-electron chi connectivity index (χ0n) is 13.4. The van der Waals surface area contributed by atoms with Gasteiger partial charge in [-0.1, -0.05) is 0 Å². The summed E-state index contributed by atoms with van der Waals surface area (Å²) in [6.07, 6.45) is 5.69. The molecular formula is C17H25N3O3. The molecule has 2 aliphatic heterocycles. The van der Waals surface area contributed by atoms with E-state index in [1.807, 2.05) is 24.5 Å². The van der Waals surface area contributed by atoms with E-state index in [2.05, 4.69) is 14.8 Å². The molecule has 2 saturated heterocycles. The topological polar surface area (TPSA) is 65.9 Å². The van der Waals surface area contributed by atoms with Gasteiger partial charge in [0.05, 0.1) is 13.2 Å². The number of piperidine rings is 1. The van der Waals surface area contributed by atoms with Crippen molar-refractivity contribution in [1.29, 1.82) is 0 Å². The smallest absolute Gasteiger partial charge is 0.303 e. The Kier molecular flexibility index (Phi) is 5.46. The van der Waals surface area contributed by atoms with Crippen molar-refractivity contribution in [1.82, 2.24) is 9.88 Å². The first-order valence-electron chi connectivity index (χ1n) is 8.42. The molecule has 1 aromatic heterocycles. The van der Waals surface area contributed by atoms with Crippen LogP contribution in [0, 0.1) is 5.92 Å². The molecule has 0 bridgehead atoms. The van der Waals surface area contributed by atoms with Crippen molar-refractivity contribution >= 4 is 11.7 Å². The molecule has 6 nitrogen and oxygen atoms in total. The summed E-state index contributed by atoms with van der Waals surface area (Å²) in [6.45, 7) is 5.42. The van der Waals surface area contributed by atoms with Gasteiger partial charge in [-0.25, -0.2) is 0 Å². The molecule has 6 heteroatoms. The molecular weight excluding hydrogens is 294 g/mol. The van der Waals surface area contributed by atoms with Crippen molar-refractivity contribution in [3.63, 3.8) is 0 Å². The minimum atomic E-state index is -0.702. The first kappa shape index (κ1) is 16.2. The highest BCUT2D eigenvalue weighted by molar-refractivity contribution is 5.66. The van der Waals surface area contributed by atoms with Gasteiger partial charge in [-0.3, -0.25) is 14.7 Å². The molecule has 23 heavy (non-hydrogen) atoms. The fourth-order valence-corrected chi connectivity index (χ4v) is 3.79. The summed E-state index contributed by atoms with van der Waals surface area (Å²) in [5.41, 5.74) is 1.18. The highest BCUT2D eigenvalue weighted by Gasteiger charge is 2.34. The van der Waals surface area contributed by atoms with E-state index in [1.165, 1.54) is 5.69 Å². The summed E-state index contributed by atoms with van der Waals surface area (Å²) >= 11 is 0. The number of aromatic nitrogens is 1. The minimum Gasteiger partial charge on any atom is -0.481 e. The van der Waals surface area contributed by atoms with Crippen LogP contribution in [-0.2, 0) is 9.53 Å². The quantitative estimate of drug-likeness (QED) is 0.887. The number of carboxylic acid groups (broad SMARTS) is 1. The van der Waals surface area contributed by atoms with Gasteiger partial charge in [0, 0.05) is 56.7 Å². The van der Waals surface area contributed by atoms with E-state index in [4.69, 9.17) is 9.84 Å². The van der Waals surface area contributed by atoms with Crippen LogP contribution in [-0.4, -0.2) is 66.4 Å². The monoisotopic (exact) mass is 319 g/mol. The third-order valence-corrected chi connectivity index (χ3v) is 4.97. The molecule has 0 saturated carbocycles. The average Bonchev–Trinajstić information content (AvgIpc) is 2.61. The molecule has 2 atom stereocenters. The predicted molar refractivity (Wildman–Crippen MR) is 87.6 cm³/mol. The Balaban J connectivity index is 1.69. The van der Waals surface area contributed by atoms with Gasteiger partial charge < -0.3 is 14.7 Å². The summed E-state index contributed by atoms with van der Waals surface area (Å²) < 4.78 is 5.46. The Morgan fingerprint density at radius 2 is 2.00 bits per heavy atom. The SMILES string of the molecule is O=C(O)CC[C@@H]1CN(c2ccncc2)CC[C@@H]1N1CCOCC1. The average molecular weight is 319 g/mol. The molecule has 1 N–H and O–H groups in total. The Morgan fingerprint density at radius 1 is 1.26 bits per heavy atom. The number of morpholine rings is 1. The lowest BCUT2D eigenvalue weighted by Gasteiger charge is -2.45. The Hall–Kier alpha value is -1.66. The summed E-state index contributed by atoms with van der Waals surface area (Å²) in [7, 11) is 0. The van der Waals surface area contributed by atoms with E-state index in [0.717, 1.165) is 52.2 Å². The minimum absolute atomic E-state index is 0.246. The molecule has 0 spiro atoms. The van der Waals surface area contributed by atoms with E-state index in [9.17, 15) is 4.79 Å². The second kappa shape index (κ2) is 7.75. The predicted octanol–water partition coefficient (Wildman–Crippen LogP) is 1.47. The van der Waals surface area contributed by atoms with E-state index in [-0.39, 0.29) is 6.42 Å². The van der Waals surface area contributed by atoms with Crippen LogP contribution in [0.4, 0.5) is 5.69 Å². The van der Waals surface area contributed by atoms with Crippen LogP contribution < -0.4 is 4.90 Å². The van der Waals surface area contributed by atoms with Crippen LogP contribution in [0.1, 0.15) is 19.3 Å². The van der Waals surface area contributed by atoms with Crippen molar-refractivity contribution in [2.45, 2.75) is 25.3 Å². The lowest BCUT2D eigenvalue weighted by molar-refractivity contribution is -0.137. The highest BCUT2D eigenvalue weighted by Crippen LogP contribution is 2.29. The molecule has 3 rings (SSSR count). The molecule has 0 aliphatic carbocycles. The maximum Gasteiger partial charge on any atom is 0.303 e. The molecule has 0 radical (unpaired) electrons. The Bertz CT molecular complexity index is 505. The lowest BCUT2D eigenvalue weighted by Crippen LogP contribution is -2.54. The number of carboxylic acids is 1. The van der Waals surface area contributed by atoms with Gasteiger partial charge in [0.15, 0.2) is 0 Å². The van der Waals surface area contributed by atoms with Crippen LogP contribution in [0.25, 0.3) is 0 Å². The van der Waals surface area contributed by atoms with E-state index >= 15 is 0 Å². The van der Waals surface area contributed by atoms with Crippen LogP contribution in [0.5, 0.6) is 0 Å². The standard InChI is InChI=1S/C17H25N3O3/c21-17(22)2-1-14-13-20(15-3-6-18-7-4-15)8-5-16(14)19-9-11-23-12-10-19/h3-4,6-7,14,16H,1-2,5,8-13H2,(H,21,22)/t14-,16+/m1/s1. The van der Waals surface area contributed by atoms with Crippen LogP contribution in [0.15, 0.2) is 24.5 Å². The Morgan fingerprint density at radius 3 is 2.70 bits per heavy atom. The summed E-state index contributed by atoms with van der Waals surface area (Å²) in [5, 5.41) is 9.07. The lowest BCUT2D eigenvalue weighted by atomic mass is 9.86. The number of hydrogen-bond donors (Lipinski definition) is 1. The zero-order chi connectivity index (χ0) is 16.1. The number of aliphatic carboxylic acids is 1. The number of nitrogens with zero attached hydrogens (tertiary/aromatic N) is 3. The van der Waals surface area contributed by atoms with Gasteiger partial charge in [-0.2, -0.15) is 0 Å². The second-order valence-electron chi connectivity index (χ2n) is 6.35. The molecule has 126 valence electrons. The second-order valence-corrected chi connectivity index (χ2v) is 6.35. The van der Waals surface area contributed by atoms with Crippen molar-refractivity contribution in [3.8, 4) is 0 Å². The fraction of sp³-hybridized carbons (Fsp3) is 0.647. The molecule has 2 fully saturated rings. The van der Waals surface area contributed by atoms with E-state index in [1.54, 1.807) is 0 Å². The van der Waals surface area contributed by atoms with Gasteiger partial charge >= 0.3 is 5.97 Å². The molecule has 0 unspecified atom stereocenters. The van der Waals surface area contributed by atoms with Gasteiger partial charge in [0.2, 0.25) is 0 Å². The normalized spacial score (nSPS) is 26.2. The third kappa shape index (κ3) is 4.20. The van der Waals surface area contributed by atoms with Gasteiger partial charge in [0.25, 0.3) is 0 Å². The van der Waals surface area contributed by atoms with Gasteiger partial charge in [0.1, 0.15) is 0 Å². The van der Waals surface area contributed by atoms with Gasteiger partial charge in [-0.15, -0.1) is 0 Å². The zero-order valence-corrected chi connectivity index (χ0v) is 13.4. The maximum absolute atomic E-state index is 11.0. The number of carbonyl (C=O) groups is 1. The highest BCUT2D eigenvalue weighted by atomic mass is 16.5. The largest absolute Gasteiger partial charge is 0.481 e. The molecule has 1 aromatic rings. The van der Waals surface area contributed by atoms with Crippen molar-refractivity contribution in [3.05, 3.63) is 24.5 Å². The molecule has 2 aliphatic rings. The summed E-state index contributed by atoms with van der Waals surface area (Å²) in [6, 6.07) is 4.53. The van der Waals surface area contributed by atoms with Crippen molar-refractivity contribution < 1.29 is 14.6 Å². The van der Waals surface area contributed by atoms with E-state index < -0.39 is 5.97 Å².